The number of nitrogens with zero attached hydrogens (tertiary/aromatic N) is 2. The number of anilines is 1. The van der Waals surface area contributed by atoms with Gasteiger partial charge in [-0.15, -0.1) is 0 Å². The number of nitrogens with one attached hydrogen (secondary N) is 1. The standard InChI is InChI=1S/C24H21IN4O4S2/c1-2-15-4-3-5-17(12-15)27-22(30)14-34-24-28-21-11-6-16(25)13-20(21)23(31)29(24)18-7-9-19(10-8-18)35(26,32)33/h3-13H,2,14H2,1H3,(H,27,30)(H2,26,32,33). The first kappa shape index (κ1) is 25.4. The summed E-state index contributed by atoms with van der Waals surface area (Å²) in [5.74, 6) is -0.218. The largest absolute Gasteiger partial charge is 0.325 e. The first-order valence-electron chi connectivity index (χ1n) is 10.5. The number of fused-ring (bicyclic) bond motifs is 1. The van der Waals surface area contributed by atoms with Gasteiger partial charge >= 0.3 is 0 Å². The normalized spacial score (nSPS) is 11.5. The molecule has 0 aliphatic rings. The average Bonchev–Trinajstić information content (AvgIpc) is 2.83. The quantitative estimate of drug-likeness (QED) is 0.183. The third-order valence-corrected chi connectivity index (χ3v) is 7.71. The highest BCUT2D eigenvalue weighted by Gasteiger charge is 2.16. The minimum atomic E-state index is -3.88. The van der Waals surface area contributed by atoms with Crippen LogP contribution in [0.1, 0.15) is 12.5 Å². The molecule has 0 saturated carbocycles. The molecule has 4 aromatic rings. The van der Waals surface area contributed by atoms with E-state index in [0.717, 1.165) is 27.3 Å². The summed E-state index contributed by atoms with van der Waals surface area (Å²) < 4.78 is 25.5. The number of benzene rings is 3. The maximum atomic E-state index is 13.5. The molecule has 0 bridgehead atoms. The van der Waals surface area contributed by atoms with Gasteiger partial charge in [0.2, 0.25) is 15.9 Å². The third kappa shape index (κ3) is 5.92. The number of amides is 1. The summed E-state index contributed by atoms with van der Waals surface area (Å²) in [7, 11) is -3.88. The highest BCUT2D eigenvalue weighted by atomic mass is 127. The third-order valence-electron chi connectivity index (χ3n) is 5.17. The van der Waals surface area contributed by atoms with Crippen molar-refractivity contribution in [3.05, 3.63) is 86.2 Å². The average molecular weight is 620 g/mol. The predicted molar refractivity (Wildman–Crippen MR) is 147 cm³/mol. The second-order valence-corrected chi connectivity index (χ2v) is 11.4. The Bertz CT molecular complexity index is 1590. The highest BCUT2D eigenvalue weighted by Crippen LogP contribution is 2.23. The van der Waals surface area contributed by atoms with Crippen LogP contribution in [0.15, 0.2) is 81.6 Å². The molecule has 35 heavy (non-hydrogen) atoms. The van der Waals surface area contributed by atoms with Gasteiger partial charge in [0.1, 0.15) is 0 Å². The summed E-state index contributed by atoms with van der Waals surface area (Å²) in [5.41, 5.74) is 2.40. The van der Waals surface area contributed by atoms with Crippen LogP contribution in [-0.4, -0.2) is 29.6 Å². The van der Waals surface area contributed by atoms with E-state index in [1.807, 2.05) is 37.3 Å². The van der Waals surface area contributed by atoms with Crippen molar-refractivity contribution in [3.63, 3.8) is 0 Å². The molecule has 11 heteroatoms. The second kappa shape index (κ2) is 10.5. The van der Waals surface area contributed by atoms with Crippen molar-refractivity contribution in [2.75, 3.05) is 11.1 Å². The summed E-state index contributed by atoms with van der Waals surface area (Å²) >= 11 is 3.24. The lowest BCUT2D eigenvalue weighted by Gasteiger charge is -2.14. The van der Waals surface area contributed by atoms with Crippen molar-refractivity contribution in [2.24, 2.45) is 5.14 Å². The number of hydrogen-bond donors (Lipinski definition) is 2. The van der Waals surface area contributed by atoms with E-state index < -0.39 is 10.0 Å². The SMILES string of the molecule is CCc1cccc(NC(=O)CSc2nc3ccc(I)cc3c(=O)n2-c2ccc(S(N)(=O)=O)cc2)c1. The fourth-order valence-electron chi connectivity index (χ4n) is 3.44. The molecular weight excluding hydrogens is 599 g/mol. The van der Waals surface area contributed by atoms with E-state index in [0.29, 0.717) is 27.4 Å². The topological polar surface area (TPSA) is 124 Å². The molecule has 8 nitrogen and oxygen atoms in total. The summed E-state index contributed by atoms with van der Waals surface area (Å²) in [6, 6.07) is 18.6. The number of carbonyl (C=O) groups is 1. The van der Waals surface area contributed by atoms with Crippen LogP contribution in [0, 0.1) is 3.57 Å². The van der Waals surface area contributed by atoms with E-state index in [-0.39, 0.29) is 22.1 Å². The van der Waals surface area contributed by atoms with Crippen LogP contribution in [-0.2, 0) is 21.2 Å². The molecule has 0 saturated heterocycles. The Morgan fingerprint density at radius 3 is 2.54 bits per heavy atom. The fraction of sp³-hybridized carbons (Fsp3) is 0.125. The minimum Gasteiger partial charge on any atom is -0.325 e. The number of sulfonamides is 1. The zero-order chi connectivity index (χ0) is 25.2. The summed E-state index contributed by atoms with van der Waals surface area (Å²) in [4.78, 5) is 30.7. The number of aromatic nitrogens is 2. The maximum Gasteiger partial charge on any atom is 0.266 e. The zero-order valence-electron chi connectivity index (χ0n) is 18.6. The summed E-state index contributed by atoms with van der Waals surface area (Å²) in [5, 5.41) is 8.80. The number of primary sulfonamides is 1. The van der Waals surface area contributed by atoms with Crippen molar-refractivity contribution < 1.29 is 13.2 Å². The second-order valence-electron chi connectivity index (χ2n) is 7.63. The fourth-order valence-corrected chi connectivity index (χ4v) is 5.26. The Labute approximate surface area is 220 Å². The van der Waals surface area contributed by atoms with Gasteiger partial charge in [-0.05, 0) is 89.2 Å². The molecule has 0 unspecified atom stereocenters. The van der Waals surface area contributed by atoms with Crippen LogP contribution in [0.25, 0.3) is 16.6 Å². The number of rotatable bonds is 7. The van der Waals surface area contributed by atoms with E-state index in [4.69, 9.17) is 5.14 Å². The summed E-state index contributed by atoms with van der Waals surface area (Å²) in [6.07, 6.45) is 0.856. The van der Waals surface area contributed by atoms with Crippen LogP contribution >= 0.6 is 34.4 Å². The lowest BCUT2D eigenvalue weighted by atomic mass is 10.1. The van der Waals surface area contributed by atoms with E-state index >= 15 is 0 Å². The van der Waals surface area contributed by atoms with Gasteiger partial charge in [-0.25, -0.2) is 18.5 Å². The van der Waals surface area contributed by atoms with Gasteiger partial charge in [0.05, 0.1) is 27.2 Å². The van der Waals surface area contributed by atoms with E-state index in [2.05, 4.69) is 32.9 Å². The first-order chi connectivity index (χ1) is 16.7. The number of aryl methyl sites for hydroxylation is 1. The molecule has 3 aromatic carbocycles. The Hall–Kier alpha value is -2.74. The molecule has 1 heterocycles. The van der Waals surface area contributed by atoms with Gasteiger partial charge in [-0.1, -0.05) is 30.8 Å². The molecule has 1 amide bonds. The monoisotopic (exact) mass is 620 g/mol. The molecule has 1 aromatic heterocycles. The molecule has 3 N–H and O–H groups in total. The van der Waals surface area contributed by atoms with Crippen molar-refractivity contribution >= 4 is 66.9 Å². The lowest BCUT2D eigenvalue weighted by molar-refractivity contribution is -0.113. The molecule has 0 aliphatic heterocycles. The van der Waals surface area contributed by atoms with Gasteiger partial charge in [0.25, 0.3) is 5.56 Å². The van der Waals surface area contributed by atoms with E-state index in [1.54, 1.807) is 12.1 Å². The molecule has 0 radical (unpaired) electrons. The Morgan fingerprint density at radius 1 is 1.11 bits per heavy atom. The Kier molecular flexibility index (Phi) is 7.59. The highest BCUT2D eigenvalue weighted by molar-refractivity contribution is 14.1. The number of hydrogen-bond acceptors (Lipinski definition) is 6. The predicted octanol–water partition coefficient (Wildman–Crippen LogP) is 3.93. The molecule has 0 aliphatic carbocycles. The maximum absolute atomic E-state index is 13.5. The zero-order valence-corrected chi connectivity index (χ0v) is 22.4. The van der Waals surface area contributed by atoms with Crippen LogP contribution in [0.3, 0.4) is 0 Å². The van der Waals surface area contributed by atoms with Gasteiger partial charge in [0, 0.05) is 9.26 Å². The Balaban J connectivity index is 1.70. The summed E-state index contributed by atoms with van der Waals surface area (Å²) in [6.45, 7) is 2.04. The van der Waals surface area contributed by atoms with Gasteiger partial charge < -0.3 is 5.32 Å². The van der Waals surface area contributed by atoms with Crippen LogP contribution in [0.5, 0.6) is 0 Å². The molecule has 0 spiro atoms. The molecule has 0 fully saturated rings. The lowest BCUT2D eigenvalue weighted by Crippen LogP contribution is -2.23. The van der Waals surface area contributed by atoms with Gasteiger partial charge in [-0.3, -0.25) is 14.2 Å². The molecular formula is C24H21IN4O4S2. The van der Waals surface area contributed by atoms with E-state index in [9.17, 15) is 18.0 Å². The van der Waals surface area contributed by atoms with Crippen LogP contribution < -0.4 is 16.0 Å². The molecule has 4 rings (SSSR count). The van der Waals surface area contributed by atoms with Crippen molar-refractivity contribution in [1.29, 1.82) is 0 Å². The van der Waals surface area contributed by atoms with Gasteiger partial charge in [-0.2, -0.15) is 0 Å². The first-order valence-corrected chi connectivity index (χ1v) is 14.1. The van der Waals surface area contributed by atoms with E-state index in [1.165, 1.54) is 28.8 Å². The Morgan fingerprint density at radius 2 is 1.86 bits per heavy atom. The molecule has 0 atom stereocenters. The molecule has 180 valence electrons. The number of halogens is 1. The van der Waals surface area contributed by atoms with Crippen molar-refractivity contribution in [1.82, 2.24) is 9.55 Å². The number of nitrogens with two attached hydrogens (primary N) is 1. The number of thioether (sulfide) groups is 1. The smallest absolute Gasteiger partial charge is 0.266 e. The van der Waals surface area contributed by atoms with Crippen LogP contribution in [0.2, 0.25) is 0 Å². The minimum absolute atomic E-state index is 0.0218. The van der Waals surface area contributed by atoms with Crippen LogP contribution in [0.4, 0.5) is 5.69 Å². The van der Waals surface area contributed by atoms with Crippen molar-refractivity contribution in [3.8, 4) is 5.69 Å². The van der Waals surface area contributed by atoms with Gasteiger partial charge in [0.15, 0.2) is 5.16 Å². The van der Waals surface area contributed by atoms with Crippen molar-refractivity contribution in [2.45, 2.75) is 23.4 Å². The number of carbonyl (C=O) groups excluding carboxylic acids is 1.